The van der Waals surface area contributed by atoms with Crippen molar-refractivity contribution in [3.63, 3.8) is 0 Å². The van der Waals surface area contributed by atoms with Gasteiger partial charge in [-0.3, -0.25) is 14.5 Å². The zero-order chi connectivity index (χ0) is 19.9. The van der Waals surface area contributed by atoms with E-state index in [1.54, 1.807) is 24.3 Å². The molecule has 3 rings (SSSR count). The summed E-state index contributed by atoms with van der Waals surface area (Å²) in [6.07, 6.45) is 3.36. The first-order valence-electron chi connectivity index (χ1n) is 8.92. The molecule has 0 spiro atoms. The van der Waals surface area contributed by atoms with Crippen LogP contribution >= 0.6 is 11.8 Å². The first kappa shape index (κ1) is 19.8. The van der Waals surface area contributed by atoms with E-state index in [0.717, 1.165) is 22.9 Å². The highest BCUT2D eigenvalue weighted by atomic mass is 32.2. The normalized spacial score (nSPS) is 15.2. The number of rotatable bonds is 8. The quantitative estimate of drug-likeness (QED) is 0.471. The second-order valence-corrected chi connectivity index (χ2v) is 6.99. The minimum Gasteiger partial charge on any atom is -0.490 e. The van der Waals surface area contributed by atoms with Crippen molar-refractivity contribution >= 4 is 29.0 Å². The Morgan fingerprint density at radius 1 is 1.07 bits per heavy atom. The number of carbonyl (C=O) groups excluding carboxylic acids is 2. The van der Waals surface area contributed by atoms with Gasteiger partial charge in [0.25, 0.3) is 11.1 Å². The fourth-order valence-corrected chi connectivity index (χ4v) is 3.54. The Balaban J connectivity index is 1.81. The van der Waals surface area contributed by atoms with Gasteiger partial charge < -0.3 is 9.47 Å². The van der Waals surface area contributed by atoms with Gasteiger partial charge in [-0.25, -0.2) is 0 Å². The average Bonchev–Trinajstić information content (AvgIpc) is 2.96. The summed E-state index contributed by atoms with van der Waals surface area (Å²) < 4.78 is 11.2. The monoisotopic (exact) mass is 395 g/mol. The van der Waals surface area contributed by atoms with E-state index >= 15 is 0 Å². The van der Waals surface area contributed by atoms with Crippen molar-refractivity contribution in [1.29, 1.82) is 0 Å². The molecule has 2 amide bonds. The van der Waals surface area contributed by atoms with Crippen molar-refractivity contribution in [2.75, 3.05) is 13.2 Å². The van der Waals surface area contributed by atoms with Crippen molar-refractivity contribution in [1.82, 2.24) is 4.90 Å². The molecule has 5 nitrogen and oxygen atoms in total. The van der Waals surface area contributed by atoms with Gasteiger partial charge in [0.15, 0.2) is 11.5 Å². The fraction of sp³-hybridized carbons (Fsp3) is 0.182. The summed E-state index contributed by atoms with van der Waals surface area (Å²) in [5, 5.41) is -0.268. The average molecular weight is 395 g/mol. The zero-order valence-corrected chi connectivity index (χ0v) is 16.4. The molecule has 0 radical (unpaired) electrons. The van der Waals surface area contributed by atoms with Crippen LogP contribution in [0.1, 0.15) is 18.1 Å². The molecule has 0 saturated carbocycles. The van der Waals surface area contributed by atoms with Gasteiger partial charge in [-0.1, -0.05) is 49.1 Å². The molecule has 1 heterocycles. The van der Waals surface area contributed by atoms with Crippen molar-refractivity contribution in [2.24, 2.45) is 0 Å². The lowest BCUT2D eigenvalue weighted by Gasteiger charge is -2.12. The maximum absolute atomic E-state index is 12.7. The molecule has 144 valence electrons. The van der Waals surface area contributed by atoms with Crippen LogP contribution in [0.3, 0.4) is 0 Å². The van der Waals surface area contributed by atoms with Crippen LogP contribution in [0.25, 0.3) is 6.08 Å². The van der Waals surface area contributed by atoms with Crippen LogP contribution in [0.2, 0.25) is 0 Å². The summed E-state index contributed by atoms with van der Waals surface area (Å²) in [5.74, 6) is 0.904. The molecule has 1 fully saturated rings. The number of nitrogens with zero attached hydrogens (tertiary/aromatic N) is 1. The first-order chi connectivity index (χ1) is 13.6. The summed E-state index contributed by atoms with van der Waals surface area (Å²) in [4.78, 5) is 26.6. The molecule has 0 N–H and O–H groups in total. The molecule has 2 aromatic rings. The molecule has 1 aliphatic rings. The number of carbonyl (C=O) groups is 2. The van der Waals surface area contributed by atoms with E-state index in [1.165, 1.54) is 4.90 Å². The molecule has 0 bridgehead atoms. The topological polar surface area (TPSA) is 55.8 Å². The standard InChI is InChI=1S/C22H21NO4S/c1-3-12-27-18-11-10-17(13-19(18)26-4-2)14-20-21(24)23(22(25)28-20)15-16-8-6-5-7-9-16/h3,5-11,13-14H,1,4,12,15H2,2H3/b20-14+. The molecule has 28 heavy (non-hydrogen) atoms. The second-order valence-electron chi connectivity index (χ2n) is 5.99. The van der Waals surface area contributed by atoms with Crippen molar-refractivity contribution < 1.29 is 19.1 Å². The number of hydrogen-bond acceptors (Lipinski definition) is 5. The lowest BCUT2D eigenvalue weighted by molar-refractivity contribution is -0.123. The van der Waals surface area contributed by atoms with Crippen molar-refractivity contribution in [3.05, 3.63) is 77.2 Å². The third kappa shape index (κ3) is 4.64. The molecule has 0 aromatic heterocycles. The number of hydrogen-bond donors (Lipinski definition) is 0. The van der Waals surface area contributed by atoms with E-state index in [4.69, 9.17) is 9.47 Å². The third-order valence-corrected chi connectivity index (χ3v) is 4.89. The van der Waals surface area contributed by atoms with Gasteiger partial charge in [-0.15, -0.1) is 0 Å². The van der Waals surface area contributed by atoms with E-state index in [-0.39, 0.29) is 17.7 Å². The van der Waals surface area contributed by atoms with Gasteiger partial charge in [-0.05, 0) is 48.0 Å². The highest BCUT2D eigenvalue weighted by Gasteiger charge is 2.34. The number of benzene rings is 2. The third-order valence-electron chi connectivity index (χ3n) is 3.98. The molecule has 1 saturated heterocycles. The minimum absolute atomic E-state index is 0.265. The van der Waals surface area contributed by atoms with E-state index in [0.29, 0.717) is 29.6 Å². The number of imide groups is 1. The Kier molecular flexibility index (Phi) is 6.55. The van der Waals surface area contributed by atoms with Gasteiger partial charge in [0.1, 0.15) is 6.61 Å². The van der Waals surface area contributed by atoms with Gasteiger partial charge in [0, 0.05) is 0 Å². The molecule has 6 heteroatoms. The first-order valence-corrected chi connectivity index (χ1v) is 9.74. The Morgan fingerprint density at radius 3 is 2.57 bits per heavy atom. The van der Waals surface area contributed by atoms with E-state index in [1.807, 2.05) is 43.3 Å². The van der Waals surface area contributed by atoms with Crippen LogP contribution in [-0.2, 0) is 11.3 Å². The number of amides is 2. The van der Waals surface area contributed by atoms with Crippen LogP contribution in [0.4, 0.5) is 4.79 Å². The molecule has 1 aliphatic heterocycles. The maximum Gasteiger partial charge on any atom is 0.293 e. The van der Waals surface area contributed by atoms with Crippen LogP contribution in [0.5, 0.6) is 11.5 Å². The molecule has 0 aliphatic carbocycles. The summed E-state index contributed by atoms with van der Waals surface area (Å²) in [7, 11) is 0. The van der Waals surface area contributed by atoms with Gasteiger partial charge in [0.05, 0.1) is 18.1 Å². The highest BCUT2D eigenvalue weighted by molar-refractivity contribution is 8.18. The molecular formula is C22H21NO4S. The Hall–Kier alpha value is -2.99. The Labute approximate surface area is 168 Å². The van der Waals surface area contributed by atoms with Crippen LogP contribution < -0.4 is 9.47 Å². The molecule has 0 unspecified atom stereocenters. The molecule has 2 aromatic carbocycles. The summed E-state index contributed by atoms with van der Waals surface area (Å²) in [6.45, 7) is 6.65. The predicted octanol–water partition coefficient (Wildman–Crippen LogP) is 4.89. The maximum atomic E-state index is 12.7. The molecular weight excluding hydrogens is 374 g/mol. The van der Waals surface area contributed by atoms with E-state index in [2.05, 4.69) is 6.58 Å². The smallest absolute Gasteiger partial charge is 0.293 e. The summed E-state index contributed by atoms with van der Waals surface area (Å²) in [5.41, 5.74) is 1.67. The van der Waals surface area contributed by atoms with Gasteiger partial charge in [0.2, 0.25) is 0 Å². The summed E-state index contributed by atoms with van der Waals surface area (Å²) in [6, 6.07) is 14.9. The lowest BCUT2D eigenvalue weighted by Crippen LogP contribution is -2.27. The van der Waals surface area contributed by atoms with E-state index < -0.39 is 0 Å². The number of ether oxygens (including phenoxy) is 2. The van der Waals surface area contributed by atoms with Gasteiger partial charge in [-0.2, -0.15) is 0 Å². The van der Waals surface area contributed by atoms with E-state index in [9.17, 15) is 9.59 Å². The predicted molar refractivity (Wildman–Crippen MR) is 111 cm³/mol. The highest BCUT2D eigenvalue weighted by Crippen LogP contribution is 2.35. The summed E-state index contributed by atoms with van der Waals surface area (Å²) >= 11 is 0.946. The lowest BCUT2D eigenvalue weighted by atomic mass is 10.1. The SMILES string of the molecule is C=CCOc1ccc(/C=C2/SC(=O)N(Cc3ccccc3)C2=O)cc1OCC. The second kappa shape index (κ2) is 9.28. The van der Waals surface area contributed by atoms with Crippen LogP contribution in [0, 0.1) is 0 Å². The largest absolute Gasteiger partial charge is 0.490 e. The van der Waals surface area contributed by atoms with Crippen molar-refractivity contribution in [3.8, 4) is 11.5 Å². The number of thioether (sulfide) groups is 1. The Morgan fingerprint density at radius 2 is 1.86 bits per heavy atom. The molecule has 0 atom stereocenters. The minimum atomic E-state index is -0.288. The van der Waals surface area contributed by atoms with Gasteiger partial charge >= 0.3 is 0 Å². The fourth-order valence-electron chi connectivity index (χ4n) is 2.70. The van der Waals surface area contributed by atoms with Crippen LogP contribution in [0.15, 0.2) is 66.1 Å². The van der Waals surface area contributed by atoms with Crippen molar-refractivity contribution in [2.45, 2.75) is 13.5 Å². The Bertz CT molecular complexity index is 908. The zero-order valence-electron chi connectivity index (χ0n) is 15.6. The van der Waals surface area contributed by atoms with Crippen LogP contribution in [-0.4, -0.2) is 29.3 Å².